The van der Waals surface area contributed by atoms with Crippen LogP contribution in [-0.2, 0) is 0 Å². The van der Waals surface area contributed by atoms with Gasteiger partial charge in [0.2, 0.25) is 0 Å². The topological polar surface area (TPSA) is 39.4 Å². The fraction of sp³-hybridized carbons (Fsp3) is 0.0769. The van der Waals surface area contributed by atoms with Gasteiger partial charge in [0.25, 0.3) is 0 Å². The summed E-state index contributed by atoms with van der Waals surface area (Å²) in [6, 6.07) is 11.2. The van der Waals surface area contributed by atoms with Gasteiger partial charge in [-0.3, -0.25) is 4.40 Å². The van der Waals surface area contributed by atoms with Crippen LogP contribution in [0.2, 0.25) is 5.02 Å². The summed E-state index contributed by atoms with van der Waals surface area (Å²) in [4.78, 5) is 0. The van der Waals surface area contributed by atoms with Crippen LogP contribution in [0.25, 0.3) is 17.0 Å². The molecule has 0 spiro atoms. The molecule has 0 aliphatic rings. The Hall–Kier alpha value is -2.07. The van der Waals surface area contributed by atoms with Crippen molar-refractivity contribution in [3.63, 3.8) is 0 Å². The first-order valence-corrected chi connectivity index (χ1v) is 5.80. The zero-order chi connectivity index (χ0) is 12.5. The Bertz CT molecular complexity index is 708. The van der Waals surface area contributed by atoms with Crippen LogP contribution in [0.5, 0.6) is 5.75 Å². The normalized spacial score (nSPS) is 10.8. The summed E-state index contributed by atoms with van der Waals surface area (Å²) in [5.74, 6) is 1.50. The molecule has 0 radical (unpaired) electrons. The molecule has 0 unspecified atom stereocenters. The summed E-state index contributed by atoms with van der Waals surface area (Å²) in [5, 5.41) is 8.97. The van der Waals surface area contributed by atoms with Gasteiger partial charge >= 0.3 is 0 Å². The van der Waals surface area contributed by atoms with Crippen molar-refractivity contribution >= 4 is 17.2 Å². The number of pyridine rings is 1. The van der Waals surface area contributed by atoms with Crippen molar-refractivity contribution in [2.45, 2.75) is 0 Å². The summed E-state index contributed by atoms with van der Waals surface area (Å²) in [6.07, 6.45) is 1.85. The molecule has 18 heavy (non-hydrogen) atoms. The van der Waals surface area contributed by atoms with E-state index in [1.807, 2.05) is 47.0 Å². The zero-order valence-electron chi connectivity index (χ0n) is 9.67. The third-order valence-electron chi connectivity index (χ3n) is 2.69. The minimum absolute atomic E-state index is 0.673. The molecule has 0 saturated carbocycles. The lowest BCUT2D eigenvalue weighted by Crippen LogP contribution is -1.91. The Balaban J connectivity index is 2.22. The Morgan fingerprint density at radius 3 is 2.83 bits per heavy atom. The van der Waals surface area contributed by atoms with Crippen LogP contribution in [0.3, 0.4) is 0 Å². The van der Waals surface area contributed by atoms with E-state index < -0.39 is 0 Å². The van der Waals surface area contributed by atoms with E-state index >= 15 is 0 Å². The third-order valence-corrected chi connectivity index (χ3v) is 2.93. The van der Waals surface area contributed by atoms with Crippen LogP contribution < -0.4 is 4.74 Å². The summed E-state index contributed by atoms with van der Waals surface area (Å²) in [7, 11) is 1.63. The van der Waals surface area contributed by atoms with Gasteiger partial charge in [0, 0.05) is 10.6 Å². The molecule has 4 nitrogen and oxygen atoms in total. The maximum atomic E-state index is 5.99. The number of benzene rings is 1. The molecule has 0 bridgehead atoms. The van der Waals surface area contributed by atoms with Gasteiger partial charge in [-0.05, 0) is 24.3 Å². The van der Waals surface area contributed by atoms with Gasteiger partial charge in [-0.1, -0.05) is 23.7 Å². The number of aromatic nitrogens is 3. The minimum atomic E-state index is 0.673. The zero-order valence-corrected chi connectivity index (χ0v) is 10.4. The standard InChI is InChI=1S/C13H10ClN3O/c1-18-11-5-6-12-15-16-13(17(12)8-11)9-3-2-4-10(14)7-9/h2-8H,1H3. The fourth-order valence-electron chi connectivity index (χ4n) is 1.82. The first-order chi connectivity index (χ1) is 8.78. The Morgan fingerprint density at radius 2 is 2.06 bits per heavy atom. The van der Waals surface area contributed by atoms with Gasteiger partial charge in [0.1, 0.15) is 5.75 Å². The lowest BCUT2D eigenvalue weighted by molar-refractivity contribution is 0.412. The van der Waals surface area contributed by atoms with Crippen molar-refractivity contribution < 1.29 is 4.74 Å². The molecule has 1 aromatic carbocycles. The number of ether oxygens (including phenoxy) is 1. The second-order valence-corrected chi connectivity index (χ2v) is 4.27. The summed E-state index contributed by atoms with van der Waals surface area (Å²) < 4.78 is 7.08. The highest BCUT2D eigenvalue weighted by Gasteiger charge is 2.08. The SMILES string of the molecule is COc1ccc2nnc(-c3cccc(Cl)c3)n2c1. The first-order valence-electron chi connectivity index (χ1n) is 5.42. The highest BCUT2D eigenvalue weighted by molar-refractivity contribution is 6.30. The smallest absolute Gasteiger partial charge is 0.168 e. The van der Waals surface area contributed by atoms with Gasteiger partial charge in [0.15, 0.2) is 11.5 Å². The van der Waals surface area contributed by atoms with Crippen LogP contribution in [0.1, 0.15) is 0 Å². The lowest BCUT2D eigenvalue weighted by atomic mass is 10.2. The average molecular weight is 260 g/mol. The van der Waals surface area contributed by atoms with Crippen molar-refractivity contribution in [2.24, 2.45) is 0 Å². The molecule has 0 fully saturated rings. The van der Waals surface area contributed by atoms with E-state index in [2.05, 4.69) is 10.2 Å². The number of halogens is 1. The number of rotatable bonds is 2. The molecule has 0 saturated heterocycles. The van der Waals surface area contributed by atoms with E-state index in [1.54, 1.807) is 7.11 Å². The number of hydrogen-bond acceptors (Lipinski definition) is 3. The third kappa shape index (κ3) is 1.80. The quantitative estimate of drug-likeness (QED) is 0.710. The van der Waals surface area contributed by atoms with E-state index in [9.17, 15) is 0 Å². The molecule has 5 heteroatoms. The van der Waals surface area contributed by atoms with Crippen LogP contribution in [0.15, 0.2) is 42.6 Å². The second kappa shape index (κ2) is 4.31. The highest BCUT2D eigenvalue weighted by Crippen LogP contribution is 2.23. The maximum Gasteiger partial charge on any atom is 0.168 e. The molecule has 0 aliphatic heterocycles. The van der Waals surface area contributed by atoms with Crippen molar-refractivity contribution in [1.82, 2.24) is 14.6 Å². The predicted octanol–water partition coefficient (Wildman–Crippen LogP) is 3.06. The number of fused-ring (bicyclic) bond motifs is 1. The van der Waals surface area contributed by atoms with Crippen LogP contribution in [0, 0.1) is 0 Å². The second-order valence-electron chi connectivity index (χ2n) is 3.83. The van der Waals surface area contributed by atoms with Crippen molar-refractivity contribution in [3.05, 3.63) is 47.6 Å². The molecule has 0 N–H and O–H groups in total. The predicted molar refractivity (Wildman–Crippen MR) is 70.0 cm³/mol. The van der Waals surface area contributed by atoms with Crippen LogP contribution in [-0.4, -0.2) is 21.7 Å². The minimum Gasteiger partial charge on any atom is -0.495 e. The molecular formula is C13H10ClN3O. The largest absolute Gasteiger partial charge is 0.495 e. The molecule has 3 rings (SSSR count). The van der Waals surface area contributed by atoms with Crippen molar-refractivity contribution in [1.29, 1.82) is 0 Å². The van der Waals surface area contributed by atoms with Gasteiger partial charge in [0.05, 0.1) is 13.3 Å². The van der Waals surface area contributed by atoms with Gasteiger partial charge < -0.3 is 4.74 Å². The van der Waals surface area contributed by atoms with Crippen LogP contribution in [0.4, 0.5) is 0 Å². The molecular weight excluding hydrogens is 250 g/mol. The molecule has 3 aromatic rings. The van der Waals surface area contributed by atoms with Crippen LogP contribution >= 0.6 is 11.6 Å². The molecule has 90 valence electrons. The fourth-order valence-corrected chi connectivity index (χ4v) is 2.01. The number of methoxy groups -OCH3 is 1. The molecule has 2 aromatic heterocycles. The van der Waals surface area contributed by atoms with E-state index in [0.29, 0.717) is 5.02 Å². The van der Waals surface area contributed by atoms with E-state index in [0.717, 1.165) is 22.8 Å². The number of nitrogens with zero attached hydrogens (tertiary/aromatic N) is 3. The average Bonchev–Trinajstić information content (AvgIpc) is 2.81. The first kappa shape index (κ1) is 11.0. The maximum absolute atomic E-state index is 5.99. The van der Waals surface area contributed by atoms with Gasteiger partial charge in [-0.25, -0.2) is 0 Å². The summed E-state index contributed by atoms with van der Waals surface area (Å²) >= 11 is 5.99. The lowest BCUT2D eigenvalue weighted by Gasteiger charge is -2.03. The molecule has 0 atom stereocenters. The molecule has 0 amide bonds. The van der Waals surface area contributed by atoms with Crippen molar-refractivity contribution in [3.8, 4) is 17.1 Å². The van der Waals surface area contributed by atoms with E-state index in [4.69, 9.17) is 16.3 Å². The monoisotopic (exact) mass is 259 g/mol. The highest BCUT2D eigenvalue weighted by atomic mass is 35.5. The van der Waals surface area contributed by atoms with E-state index in [1.165, 1.54) is 0 Å². The Morgan fingerprint density at radius 1 is 1.17 bits per heavy atom. The molecule has 2 heterocycles. The Kier molecular flexibility index (Phi) is 2.64. The van der Waals surface area contributed by atoms with E-state index in [-0.39, 0.29) is 0 Å². The molecule has 0 aliphatic carbocycles. The summed E-state index contributed by atoms with van der Waals surface area (Å²) in [5.41, 5.74) is 1.69. The van der Waals surface area contributed by atoms with Crippen molar-refractivity contribution in [2.75, 3.05) is 7.11 Å². The summed E-state index contributed by atoms with van der Waals surface area (Å²) in [6.45, 7) is 0. The number of hydrogen-bond donors (Lipinski definition) is 0. The Labute approximate surface area is 109 Å². The van der Waals surface area contributed by atoms with Gasteiger partial charge in [-0.2, -0.15) is 0 Å². The van der Waals surface area contributed by atoms with Gasteiger partial charge in [-0.15, -0.1) is 10.2 Å².